The number of carbonyl (C=O) groups excluding carboxylic acids is 2. The molecule has 0 aliphatic rings. The monoisotopic (exact) mass is 434 g/mol. The minimum atomic E-state index is -0.352. The Kier molecular flexibility index (Phi) is 6.13. The predicted octanol–water partition coefficient (Wildman–Crippen LogP) is 5.67. The Hall–Kier alpha value is -3.45. The maximum Gasteiger partial charge on any atom is 0.338 e. The van der Waals surface area contributed by atoms with E-state index in [2.05, 4.69) is 10.3 Å². The fourth-order valence-corrected chi connectivity index (χ4v) is 4.13. The average Bonchev–Trinajstić information content (AvgIpc) is 3.19. The Bertz CT molecular complexity index is 1270. The van der Waals surface area contributed by atoms with Crippen LogP contribution in [0.25, 0.3) is 21.0 Å². The molecule has 0 spiro atoms. The second-order valence-corrected chi connectivity index (χ2v) is 8.08. The van der Waals surface area contributed by atoms with Gasteiger partial charge >= 0.3 is 5.97 Å². The van der Waals surface area contributed by atoms with Crippen LogP contribution in [0.2, 0.25) is 0 Å². The van der Waals surface area contributed by atoms with Crippen molar-refractivity contribution in [3.8, 4) is 5.75 Å². The van der Waals surface area contributed by atoms with Gasteiger partial charge in [-0.15, -0.1) is 0 Å². The molecule has 0 aliphatic heterocycles. The largest absolute Gasteiger partial charge is 0.496 e. The van der Waals surface area contributed by atoms with Gasteiger partial charge in [-0.25, -0.2) is 9.78 Å². The summed E-state index contributed by atoms with van der Waals surface area (Å²) in [5.74, 6) is -0.162. The number of esters is 1. The van der Waals surface area contributed by atoms with Crippen LogP contribution < -0.4 is 10.1 Å². The number of anilines is 1. The maximum atomic E-state index is 12.9. The van der Waals surface area contributed by atoms with E-state index < -0.39 is 0 Å². The molecule has 1 aromatic heterocycles. The van der Waals surface area contributed by atoms with Crippen molar-refractivity contribution >= 4 is 49.3 Å². The highest BCUT2D eigenvalue weighted by Gasteiger charge is 2.17. The summed E-state index contributed by atoms with van der Waals surface area (Å²) in [6.45, 7) is 2.45. The average molecular weight is 435 g/mol. The quantitative estimate of drug-likeness (QED) is 0.300. The van der Waals surface area contributed by atoms with Crippen molar-refractivity contribution in [2.45, 2.75) is 19.8 Å². The van der Waals surface area contributed by atoms with Gasteiger partial charge in [-0.1, -0.05) is 48.9 Å². The number of amides is 1. The molecular formula is C24H22N2O4S. The van der Waals surface area contributed by atoms with Crippen molar-refractivity contribution in [3.05, 3.63) is 65.7 Å². The molecule has 0 aliphatic carbocycles. The number of hydrogen-bond acceptors (Lipinski definition) is 6. The number of hydrogen-bond donors (Lipinski definition) is 1. The third kappa shape index (κ3) is 4.51. The Balaban J connectivity index is 1.56. The zero-order valence-electron chi connectivity index (χ0n) is 17.3. The molecule has 158 valence electrons. The van der Waals surface area contributed by atoms with Crippen molar-refractivity contribution in [3.63, 3.8) is 0 Å². The molecule has 6 nitrogen and oxygen atoms in total. The molecule has 0 radical (unpaired) electrons. The van der Waals surface area contributed by atoms with Crippen LogP contribution in [-0.4, -0.2) is 30.6 Å². The van der Waals surface area contributed by atoms with E-state index in [0.29, 0.717) is 34.1 Å². The molecule has 0 fully saturated rings. The molecule has 0 saturated heterocycles. The molecule has 0 saturated carbocycles. The molecule has 4 aromatic rings. The smallest absolute Gasteiger partial charge is 0.338 e. The number of rotatable bonds is 7. The van der Waals surface area contributed by atoms with Gasteiger partial charge in [0.05, 0.1) is 35.1 Å². The maximum absolute atomic E-state index is 12.9. The van der Waals surface area contributed by atoms with E-state index in [1.54, 1.807) is 31.4 Å². The molecule has 1 amide bonds. The van der Waals surface area contributed by atoms with Crippen LogP contribution in [0.5, 0.6) is 5.75 Å². The number of fused-ring (bicyclic) bond motifs is 2. The summed E-state index contributed by atoms with van der Waals surface area (Å²) in [6, 6.07) is 16.6. The topological polar surface area (TPSA) is 77.5 Å². The molecule has 4 rings (SSSR count). The number of thiazole rings is 1. The molecule has 31 heavy (non-hydrogen) atoms. The first-order valence-electron chi connectivity index (χ1n) is 10.0. The van der Waals surface area contributed by atoms with Gasteiger partial charge in [0.25, 0.3) is 5.91 Å². The molecule has 0 unspecified atom stereocenters. The highest BCUT2D eigenvalue weighted by Crippen LogP contribution is 2.30. The molecular weight excluding hydrogens is 412 g/mol. The molecule has 3 aromatic carbocycles. The second kappa shape index (κ2) is 9.14. The van der Waals surface area contributed by atoms with Crippen molar-refractivity contribution in [1.82, 2.24) is 4.98 Å². The van der Waals surface area contributed by atoms with E-state index in [9.17, 15) is 9.59 Å². The number of ether oxygens (including phenoxy) is 2. The minimum Gasteiger partial charge on any atom is -0.496 e. The van der Waals surface area contributed by atoms with Crippen LogP contribution in [0, 0.1) is 0 Å². The van der Waals surface area contributed by atoms with Gasteiger partial charge < -0.3 is 9.47 Å². The lowest BCUT2D eigenvalue weighted by molar-refractivity contribution is 0.0500. The number of nitrogens with zero attached hydrogens (tertiary/aromatic N) is 1. The normalized spacial score (nSPS) is 10.9. The van der Waals surface area contributed by atoms with E-state index in [1.807, 2.05) is 37.3 Å². The lowest BCUT2D eigenvalue weighted by Crippen LogP contribution is -2.13. The highest BCUT2D eigenvalue weighted by molar-refractivity contribution is 7.22. The van der Waals surface area contributed by atoms with Gasteiger partial charge in [0.15, 0.2) is 5.13 Å². The van der Waals surface area contributed by atoms with E-state index in [0.717, 1.165) is 28.3 Å². The summed E-state index contributed by atoms with van der Waals surface area (Å²) in [7, 11) is 1.54. The fraction of sp³-hybridized carbons (Fsp3) is 0.208. The van der Waals surface area contributed by atoms with E-state index in [1.165, 1.54) is 11.3 Å². The summed E-state index contributed by atoms with van der Waals surface area (Å²) in [4.78, 5) is 29.6. The Morgan fingerprint density at radius 3 is 2.58 bits per heavy atom. The number of methoxy groups -OCH3 is 1. The number of unbranched alkanes of at least 4 members (excludes halogenated alkanes) is 1. The van der Waals surface area contributed by atoms with Crippen LogP contribution in [-0.2, 0) is 4.74 Å². The zero-order chi connectivity index (χ0) is 21.8. The van der Waals surface area contributed by atoms with Crippen LogP contribution in [0.15, 0.2) is 54.6 Å². The molecule has 7 heteroatoms. The van der Waals surface area contributed by atoms with E-state index in [4.69, 9.17) is 9.47 Å². The van der Waals surface area contributed by atoms with Gasteiger partial charge in [0, 0.05) is 0 Å². The summed E-state index contributed by atoms with van der Waals surface area (Å²) in [5, 5.41) is 5.24. The summed E-state index contributed by atoms with van der Waals surface area (Å²) >= 11 is 1.31. The van der Waals surface area contributed by atoms with Crippen LogP contribution in [0.1, 0.15) is 40.5 Å². The van der Waals surface area contributed by atoms with Gasteiger partial charge in [-0.05, 0) is 47.5 Å². The van der Waals surface area contributed by atoms with Crippen molar-refractivity contribution < 1.29 is 19.1 Å². The van der Waals surface area contributed by atoms with Gasteiger partial charge in [-0.2, -0.15) is 0 Å². The summed E-state index contributed by atoms with van der Waals surface area (Å²) in [5.41, 5.74) is 1.61. The predicted molar refractivity (Wildman–Crippen MR) is 123 cm³/mol. The third-order valence-corrected chi connectivity index (χ3v) is 5.82. The van der Waals surface area contributed by atoms with Crippen LogP contribution in [0.3, 0.4) is 0 Å². The number of aromatic nitrogens is 1. The lowest BCUT2D eigenvalue weighted by atomic mass is 10.1. The highest BCUT2D eigenvalue weighted by atomic mass is 32.1. The van der Waals surface area contributed by atoms with Crippen molar-refractivity contribution in [2.24, 2.45) is 0 Å². The minimum absolute atomic E-state index is 0.305. The molecule has 0 atom stereocenters. The third-order valence-electron chi connectivity index (χ3n) is 4.89. The van der Waals surface area contributed by atoms with E-state index in [-0.39, 0.29) is 11.9 Å². The standard InChI is InChI=1S/C24H22N2O4S/c1-3-4-11-30-23(28)17-9-10-19-21(14-17)31-24(25-19)26-22(27)18-12-15-7-5-6-8-16(15)13-20(18)29-2/h5-10,12-14H,3-4,11H2,1-2H3,(H,25,26,27). The SMILES string of the molecule is CCCCOC(=O)c1ccc2nc(NC(=O)c3cc4ccccc4cc3OC)sc2c1. The molecule has 0 bridgehead atoms. The fourth-order valence-electron chi connectivity index (χ4n) is 3.23. The van der Waals surface area contributed by atoms with Crippen LogP contribution in [0.4, 0.5) is 5.13 Å². The van der Waals surface area contributed by atoms with Gasteiger partial charge in [0.2, 0.25) is 0 Å². The number of carbonyl (C=O) groups is 2. The number of nitrogens with one attached hydrogen (secondary N) is 1. The molecule has 1 heterocycles. The Labute approximate surface area is 183 Å². The summed E-state index contributed by atoms with van der Waals surface area (Å²) in [6.07, 6.45) is 1.80. The van der Waals surface area contributed by atoms with E-state index >= 15 is 0 Å². The van der Waals surface area contributed by atoms with Crippen LogP contribution >= 0.6 is 11.3 Å². The first-order valence-corrected chi connectivity index (χ1v) is 10.9. The zero-order valence-corrected chi connectivity index (χ0v) is 18.1. The van der Waals surface area contributed by atoms with Crippen molar-refractivity contribution in [1.29, 1.82) is 0 Å². The first kappa shape index (κ1) is 20.8. The Morgan fingerprint density at radius 1 is 1.06 bits per heavy atom. The summed E-state index contributed by atoms with van der Waals surface area (Å²) < 4.78 is 11.5. The number of benzene rings is 3. The second-order valence-electron chi connectivity index (χ2n) is 7.04. The van der Waals surface area contributed by atoms with Gasteiger partial charge in [0.1, 0.15) is 5.75 Å². The van der Waals surface area contributed by atoms with Gasteiger partial charge in [-0.3, -0.25) is 10.1 Å². The lowest BCUT2D eigenvalue weighted by Gasteiger charge is -2.09. The van der Waals surface area contributed by atoms with Crippen molar-refractivity contribution in [2.75, 3.05) is 19.0 Å². The Morgan fingerprint density at radius 2 is 1.84 bits per heavy atom. The first-order chi connectivity index (χ1) is 15.1. The molecule has 1 N–H and O–H groups in total.